The Kier molecular flexibility index (Phi) is 7.99. The second-order valence-corrected chi connectivity index (χ2v) is 14.7. The first-order chi connectivity index (χ1) is 22.8. The predicted molar refractivity (Wildman–Crippen MR) is 202 cm³/mol. The van der Waals surface area contributed by atoms with Crippen LogP contribution in [0.3, 0.4) is 0 Å². The minimum atomic E-state index is -0.338. The van der Waals surface area contributed by atoms with Gasteiger partial charge in [-0.3, -0.25) is 0 Å². The van der Waals surface area contributed by atoms with E-state index in [2.05, 4.69) is 174 Å². The molecule has 8 heteroatoms. The average molecular weight is 638 g/mol. The topological polar surface area (TPSA) is 46.8 Å². The molecule has 4 aromatic carbocycles. The molecule has 2 saturated heterocycles. The third kappa shape index (κ3) is 5.61. The van der Waals surface area contributed by atoms with Crippen molar-refractivity contribution in [2.45, 2.75) is 77.8 Å². The molecule has 0 aliphatic carbocycles. The number of hydrogen-bond donors (Lipinski definition) is 0. The van der Waals surface area contributed by atoms with Gasteiger partial charge in [-0.25, -0.2) is 0 Å². The molecule has 48 heavy (non-hydrogen) atoms. The molecule has 0 radical (unpaired) electrons. The van der Waals surface area contributed by atoms with E-state index in [1.807, 2.05) is 12.0 Å². The van der Waals surface area contributed by atoms with Gasteiger partial charge in [0.15, 0.2) is 0 Å². The molecule has 0 amide bonds. The van der Waals surface area contributed by atoms with Gasteiger partial charge in [0.05, 0.1) is 44.5 Å². The van der Waals surface area contributed by atoms with E-state index >= 15 is 0 Å². The van der Waals surface area contributed by atoms with Crippen molar-refractivity contribution in [1.29, 1.82) is 0 Å². The zero-order chi connectivity index (χ0) is 33.9. The van der Waals surface area contributed by atoms with Gasteiger partial charge in [0.25, 0.3) is 0 Å². The third-order valence-corrected chi connectivity index (χ3v) is 10.6. The smallest absolute Gasteiger partial charge is 0.400 e. The van der Waals surface area contributed by atoms with Crippen LogP contribution in [0.2, 0.25) is 0 Å². The van der Waals surface area contributed by atoms with Crippen LogP contribution in [0.15, 0.2) is 109 Å². The summed E-state index contributed by atoms with van der Waals surface area (Å²) in [6.45, 7) is 16.6. The van der Waals surface area contributed by atoms with Crippen LogP contribution in [-0.4, -0.2) is 45.8 Å². The molecule has 2 fully saturated rings. The minimum absolute atomic E-state index is 0.317. The molecule has 6 aromatic rings. The molecule has 244 valence electrons. The van der Waals surface area contributed by atoms with Crippen molar-refractivity contribution in [3.63, 3.8) is 0 Å². The van der Waals surface area contributed by atoms with Gasteiger partial charge < -0.3 is 27.8 Å². The molecule has 0 N–H and O–H groups in total. The van der Waals surface area contributed by atoms with Gasteiger partial charge in [0.1, 0.15) is 0 Å². The summed E-state index contributed by atoms with van der Waals surface area (Å²) >= 11 is 0. The van der Waals surface area contributed by atoms with Gasteiger partial charge in [-0.1, -0.05) is 72.8 Å². The lowest BCUT2D eigenvalue weighted by molar-refractivity contribution is 0.00578. The van der Waals surface area contributed by atoms with E-state index in [0.717, 1.165) is 0 Å². The maximum Gasteiger partial charge on any atom is 0.488 e. The van der Waals surface area contributed by atoms with Crippen molar-refractivity contribution in [3.05, 3.63) is 109 Å². The lowest BCUT2D eigenvalue weighted by atomic mass is 9.90. The number of benzene rings is 4. The van der Waals surface area contributed by atoms with Crippen LogP contribution >= 0.6 is 0 Å². The van der Waals surface area contributed by atoms with Crippen LogP contribution in [0.5, 0.6) is 0 Å². The van der Waals surface area contributed by atoms with Crippen molar-refractivity contribution in [3.8, 4) is 0 Å². The molecular formula is C40H44B2N2O4. The Bertz CT molecular complexity index is 1900. The highest BCUT2D eigenvalue weighted by molar-refractivity contribution is 6.53. The molecule has 0 spiro atoms. The molecule has 6 nitrogen and oxygen atoms in total. The fourth-order valence-corrected chi connectivity index (χ4v) is 6.47. The van der Waals surface area contributed by atoms with E-state index < -0.39 is 0 Å². The Hall–Kier alpha value is -4.07. The van der Waals surface area contributed by atoms with E-state index in [9.17, 15) is 0 Å². The minimum Gasteiger partial charge on any atom is -0.400 e. The van der Waals surface area contributed by atoms with E-state index in [1.54, 1.807) is 0 Å². The Morgan fingerprint density at radius 1 is 0.396 bits per heavy atom. The highest BCUT2D eigenvalue weighted by atomic mass is 16.7. The predicted octanol–water partition coefficient (Wildman–Crippen LogP) is 9.79. The second-order valence-electron chi connectivity index (χ2n) is 14.7. The normalized spacial score (nSPS) is 19.8. The summed E-state index contributed by atoms with van der Waals surface area (Å²) < 4.78 is 28.7. The first-order valence-corrected chi connectivity index (χ1v) is 16.8. The van der Waals surface area contributed by atoms with Crippen LogP contribution < -0.4 is 0 Å². The largest absolute Gasteiger partial charge is 0.488 e. The number of fused-ring (bicyclic) bond motifs is 6. The molecule has 4 heterocycles. The van der Waals surface area contributed by atoms with Gasteiger partial charge in [-0.15, -0.1) is 0 Å². The van der Waals surface area contributed by atoms with E-state index in [4.69, 9.17) is 18.6 Å². The molecule has 0 unspecified atom stereocenters. The van der Waals surface area contributed by atoms with Gasteiger partial charge in [0.2, 0.25) is 0 Å². The number of hydrogen-bond acceptors (Lipinski definition) is 4. The monoisotopic (exact) mass is 638 g/mol. The van der Waals surface area contributed by atoms with Gasteiger partial charge in [-0.05, 0) is 91.6 Å². The molecule has 0 atom stereocenters. The number of nitrogens with zero attached hydrogens (tertiary/aromatic N) is 2. The second kappa shape index (κ2) is 11.8. The molecule has 2 aromatic heterocycles. The highest BCUT2D eigenvalue weighted by Gasteiger charge is 2.51. The number of aromatic nitrogens is 2. The quantitative estimate of drug-likeness (QED) is 0.181. The highest BCUT2D eigenvalue weighted by Crippen LogP contribution is 2.38. The maximum absolute atomic E-state index is 6.06. The van der Waals surface area contributed by atoms with Crippen molar-refractivity contribution in [2.75, 3.05) is 0 Å². The summed E-state index contributed by atoms with van der Waals surface area (Å²) in [7, 11) is -0.676. The molecule has 8 rings (SSSR count). The summed E-state index contributed by atoms with van der Waals surface area (Å²) in [6, 6.07) is 33.8. The SMILES string of the molecule is CC1(C)OB(/C=C/n2c3ccccc3c3ccccc32)OC1(C)C.CC1(C)OB(/C=C/n2c3ccccc3c3ccccc32)OC1(C)C. The van der Waals surface area contributed by atoms with Crippen LogP contribution in [0.4, 0.5) is 0 Å². The summed E-state index contributed by atoms with van der Waals surface area (Å²) in [5.74, 6) is 3.99. The van der Waals surface area contributed by atoms with Crippen molar-refractivity contribution in [1.82, 2.24) is 9.13 Å². The van der Waals surface area contributed by atoms with Crippen LogP contribution in [-0.2, 0) is 18.6 Å². The van der Waals surface area contributed by atoms with Crippen molar-refractivity contribution in [2.24, 2.45) is 0 Å². The first kappa shape index (κ1) is 32.5. The van der Waals surface area contributed by atoms with Crippen LogP contribution in [0, 0.1) is 0 Å². The Balaban J connectivity index is 0.000000152. The lowest BCUT2D eigenvalue weighted by Crippen LogP contribution is -2.41. The van der Waals surface area contributed by atoms with Crippen LogP contribution in [0.25, 0.3) is 56.0 Å². The van der Waals surface area contributed by atoms with E-state index in [0.29, 0.717) is 0 Å². The van der Waals surface area contributed by atoms with Gasteiger partial charge in [-0.2, -0.15) is 0 Å². The fraction of sp³-hybridized carbons (Fsp3) is 0.300. The van der Waals surface area contributed by atoms with E-state index in [-0.39, 0.29) is 36.6 Å². The van der Waals surface area contributed by atoms with Crippen molar-refractivity contribution < 1.29 is 18.6 Å². The summed E-state index contributed by atoms with van der Waals surface area (Å²) in [6.07, 6.45) is 4.12. The average Bonchev–Trinajstić information content (AvgIpc) is 3.68. The fourth-order valence-electron chi connectivity index (χ4n) is 6.47. The molecular weight excluding hydrogens is 594 g/mol. The number of para-hydroxylation sites is 4. The van der Waals surface area contributed by atoms with Crippen molar-refractivity contribution >= 4 is 70.2 Å². The van der Waals surface area contributed by atoms with Gasteiger partial charge in [0, 0.05) is 33.9 Å². The Morgan fingerprint density at radius 2 is 0.625 bits per heavy atom. The molecule has 2 aliphatic rings. The Labute approximate surface area is 284 Å². The summed E-state index contributed by atoms with van der Waals surface area (Å²) in [5.41, 5.74) is 3.48. The summed E-state index contributed by atoms with van der Waals surface area (Å²) in [5, 5.41) is 5.02. The molecule has 0 saturated carbocycles. The van der Waals surface area contributed by atoms with Crippen LogP contribution in [0.1, 0.15) is 55.4 Å². The Morgan fingerprint density at radius 3 is 0.875 bits per heavy atom. The zero-order valence-electron chi connectivity index (χ0n) is 29.2. The van der Waals surface area contributed by atoms with E-state index in [1.165, 1.54) is 43.6 Å². The molecule has 0 bridgehead atoms. The standard InChI is InChI=1S/2C20H22BNO2/c2*1-19(2)20(3,4)24-21(23-19)13-14-22-17-11-7-5-9-15(17)16-10-6-8-12-18(16)22/h2*5-14H,1-4H3/b2*14-13+. The lowest BCUT2D eigenvalue weighted by Gasteiger charge is -2.32. The molecule has 2 aliphatic heterocycles. The first-order valence-electron chi connectivity index (χ1n) is 16.8. The third-order valence-electron chi connectivity index (χ3n) is 10.6. The summed E-state index contributed by atoms with van der Waals surface area (Å²) in [4.78, 5) is 0. The van der Waals surface area contributed by atoms with Gasteiger partial charge >= 0.3 is 14.2 Å². The zero-order valence-corrected chi connectivity index (χ0v) is 29.2. The number of rotatable bonds is 4. The maximum atomic E-state index is 6.06.